The van der Waals surface area contributed by atoms with Gasteiger partial charge < -0.3 is 9.47 Å². The molecule has 0 bridgehead atoms. The molecular weight excluding hydrogens is 800 g/mol. The van der Waals surface area contributed by atoms with Gasteiger partial charge in [-0.05, 0) is 143 Å². The predicted molar refractivity (Wildman–Crippen MR) is 221 cm³/mol. The molecular formula is C44H51Br3O2. The van der Waals surface area contributed by atoms with E-state index >= 15 is 0 Å². The minimum absolute atomic E-state index is 0.0911. The lowest BCUT2D eigenvalue weighted by atomic mass is 9.83. The van der Waals surface area contributed by atoms with Crippen LogP contribution in [0.4, 0.5) is 0 Å². The number of hydrogen-bond acceptors (Lipinski definition) is 2. The Morgan fingerprint density at radius 1 is 0.571 bits per heavy atom. The highest BCUT2D eigenvalue weighted by atomic mass is 79.9. The number of benzene rings is 5. The van der Waals surface area contributed by atoms with Crippen molar-refractivity contribution >= 4 is 47.8 Å². The lowest BCUT2D eigenvalue weighted by Crippen LogP contribution is -2.12. The maximum absolute atomic E-state index is 6.36. The van der Waals surface area contributed by atoms with E-state index in [-0.39, 0.29) is 5.41 Å². The van der Waals surface area contributed by atoms with E-state index in [0.717, 1.165) is 42.5 Å². The lowest BCUT2D eigenvalue weighted by molar-refractivity contribution is 0.302. The van der Waals surface area contributed by atoms with Crippen LogP contribution in [0.5, 0.6) is 11.5 Å². The van der Waals surface area contributed by atoms with Crippen molar-refractivity contribution in [2.24, 2.45) is 5.92 Å². The van der Waals surface area contributed by atoms with E-state index in [9.17, 15) is 0 Å². The van der Waals surface area contributed by atoms with Crippen LogP contribution in [-0.2, 0) is 25.0 Å². The zero-order valence-corrected chi connectivity index (χ0v) is 35.2. The van der Waals surface area contributed by atoms with Gasteiger partial charge in [-0.3, -0.25) is 0 Å². The van der Waals surface area contributed by atoms with Gasteiger partial charge in [0.05, 0.1) is 13.4 Å². The van der Waals surface area contributed by atoms with Crippen molar-refractivity contribution in [2.75, 3.05) is 0 Å². The lowest BCUT2D eigenvalue weighted by Gasteiger charge is -2.23. The van der Waals surface area contributed by atoms with Crippen LogP contribution in [0.25, 0.3) is 11.1 Å². The van der Waals surface area contributed by atoms with Gasteiger partial charge in [-0.2, -0.15) is 0 Å². The summed E-state index contributed by atoms with van der Waals surface area (Å²) in [5, 5.41) is 0. The largest absolute Gasteiger partial charge is 0.487 e. The maximum Gasteiger partial charge on any atom is 0.148 e. The van der Waals surface area contributed by atoms with Crippen molar-refractivity contribution in [2.45, 2.75) is 87.4 Å². The molecule has 5 rings (SSSR count). The summed E-state index contributed by atoms with van der Waals surface area (Å²) in [4.78, 5) is 0. The number of ether oxygens (including phenoxy) is 2. The molecule has 0 aliphatic carbocycles. The molecule has 2 nitrogen and oxygen atoms in total. The van der Waals surface area contributed by atoms with E-state index in [2.05, 4.69) is 163 Å². The van der Waals surface area contributed by atoms with Gasteiger partial charge in [-0.15, -0.1) is 0 Å². The third-order valence-electron chi connectivity index (χ3n) is 7.60. The third-order valence-corrected chi connectivity index (χ3v) is 9.36. The fourth-order valence-electron chi connectivity index (χ4n) is 5.24. The van der Waals surface area contributed by atoms with Crippen molar-refractivity contribution < 1.29 is 9.47 Å². The van der Waals surface area contributed by atoms with Crippen LogP contribution in [0.15, 0.2) is 117 Å². The SMILES string of the molecule is CC.Cc1cc(Br)c(OCc2ccccc2)c(-c2cc(CC(C)C)cc(C(C)(C)C)c2)c1.Cc1cc(Br)c(OCc2ccccc2)c(Br)c1. The Hall–Kier alpha value is -2.86. The van der Waals surface area contributed by atoms with Gasteiger partial charge in [0, 0.05) is 5.56 Å². The van der Waals surface area contributed by atoms with Gasteiger partial charge in [-0.25, -0.2) is 0 Å². The summed E-state index contributed by atoms with van der Waals surface area (Å²) in [5.41, 5.74) is 9.95. The van der Waals surface area contributed by atoms with Crippen LogP contribution in [-0.4, -0.2) is 0 Å². The minimum Gasteiger partial charge on any atom is -0.487 e. The van der Waals surface area contributed by atoms with Crippen LogP contribution in [0.3, 0.4) is 0 Å². The molecule has 0 spiro atoms. The number of hydrogen-bond donors (Lipinski definition) is 0. The van der Waals surface area contributed by atoms with Crippen molar-refractivity contribution in [1.29, 1.82) is 0 Å². The van der Waals surface area contributed by atoms with E-state index in [1.807, 2.05) is 50.2 Å². The van der Waals surface area contributed by atoms with Crippen molar-refractivity contribution in [1.82, 2.24) is 0 Å². The molecule has 0 unspecified atom stereocenters. The average Bonchev–Trinajstić information content (AvgIpc) is 3.05. The Balaban J connectivity index is 0.000000289. The Kier molecular flexibility index (Phi) is 16.2. The second kappa shape index (κ2) is 19.5. The monoisotopic (exact) mass is 848 g/mol. The molecule has 0 amide bonds. The molecule has 0 saturated heterocycles. The molecule has 5 aromatic rings. The molecule has 0 aliphatic rings. The summed E-state index contributed by atoms with van der Waals surface area (Å²) in [6, 6.07) is 36.0. The Labute approximate surface area is 321 Å². The number of rotatable bonds is 9. The first kappa shape index (κ1) is 40.6. The van der Waals surface area contributed by atoms with E-state index < -0.39 is 0 Å². The highest BCUT2D eigenvalue weighted by Crippen LogP contribution is 2.40. The van der Waals surface area contributed by atoms with Crippen LogP contribution in [0, 0.1) is 19.8 Å². The zero-order valence-electron chi connectivity index (χ0n) is 30.5. The zero-order chi connectivity index (χ0) is 36.1. The van der Waals surface area contributed by atoms with E-state index in [1.54, 1.807) is 0 Å². The van der Waals surface area contributed by atoms with Crippen molar-refractivity contribution in [3.63, 3.8) is 0 Å². The molecule has 0 heterocycles. The van der Waals surface area contributed by atoms with Gasteiger partial charge >= 0.3 is 0 Å². The number of aryl methyl sites for hydroxylation is 2. The van der Waals surface area contributed by atoms with Crippen molar-refractivity contribution in [3.05, 3.63) is 150 Å². The molecule has 49 heavy (non-hydrogen) atoms. The molecule has 260 valence electrons. The molecule has 0 radical (unpaired) electrons. The predicted octanol–water partition coefficient (Wildman–Crippen LogP) is 14.6. The normalized spacial score (nSPS) is 10.9. The van der Waals surface area contributed by atoms with E-state index in [0.29, 0.717) is 19.1 Å². The molecule has 0 fully saturated rings. The van der Waals surface area contributed by atoms with Crippen molar-refractivity contribution in [3.8, 4) is 22.6 Å². The van der Waals surface area contributed by atoms with Crippen LogP contribution < -0.4 is 9.47 Å². The Morgan fingerprint density at radius 3 is 1.49 bits per heavy atom. The third kappa shape index (κ3) is 12.8. The van der Waals surface area contributed by atoms with Crippen LogP contribution in [0.1, 0.15) is 81.8 Å². The second-order valence-corrected chi connectivity index (χ2v) is 16.1. The molecule has 0 saturated carbocycles. The summed E-state index contributed by atoms with van der Waals surface area (Å²) in [7, 11) is 0. The summed E-state index contributed by atoms with van der Waals surface area (Å²) >= 11 is 10.8. The summed E-state index contributed by atoms with van der Waals surface area (Å²) in [6.07, 6.45) is 1.07. The van der Waals surface area contributed by atoms with E-state index in [1.165, 1.54) is 33.4 Å². The minimum atomic E-state index is 0.0911. The van der Waals surface area contributed by atoms with Gasteiger partial charge in [0.15, 0.2) is 0 Å². The average molecular weight is 852 g/mol. The second-order valence-electron chi connectivity index (χ2n) is 13.5. The Morgan fingerprint density at radius 2 is 1.02 bits per heavy atom. The summed E-state index contributed by atoms with van der Waals surface area (Å²) in [5.74, 6) is 2.37. The fourth-order valence-corrected chi connectivity index (χ4v) is 7.58. The first-order valence-corrected chi connectivity index (χ1v) is 19.4. The van der Waals surface area contributed by atoms with Gasteiger partial charge in [0.2, 0.25) is 0 Å². The number of halogens is 3. The fraction of sp³-hybridized carbons (Fsp3) is 0.318. The summed E-state index contributed by atoms with van der Waals surface area (Å²) in [6.45, 7) is 20.7. The molecule has 0 aromatic heterocycles. The van der Waals surface area contributed by atoms with Gasteiger partial charge in [-0.1, -0.05) is 127 Å². The first-order chi connectivity index (χ1) is 23.3. The quantitative estimate of drug-likeness (QED) is 0.147. The van der Waals surface area contributed by atoms with Gasteiger partial charge in [0.25, 0.3) is 0 Å². The van der Waals surface area contributed by atoms with E-state index in [4.69, 9.17) is 9.47 Å². The topological polar surface area (TPSA) is 18.5 Å². The molecule has 0 N–H and O–H groups in total. The highest BCUT2D eigenvalue weighted by Gasteiger charge is 2.19. The van der Waals surface area contributed by atoms with Crippen LogP contribution >= 0.6 is 47.8 Å². The summed E-state index contributed by atoms with van der Waals surface area (Å²) < 4.78 is 15.1. The smallest absolute Gasteiger partial charge is 0.148 e. The highest BCUT2D eigenvalue weighted by molar-refractivity contribution is 9.11. The molecule has 5 aromatic carbocycles. The Bertz CT molecular complexity index is 1730. The van der Waals surface area contributed by atoms with Gasteiger partial charge in [0.1, 0.15) is 24.7 Å². The molecule has 5 heteroatoms. The standard InChI is InChI=1S/C28H33BrO.C14H12Br2O.C2H6/c1-19(2)12-22-15-23(17-24(16-22)28(4,5)6)25-13-20(3)14-26(29)27(25)30-18-21-10-8-7-9-11-21;1-10-7-12(15)14(13(16)8-10)17-9-11-5-3-2-4-6-11;1-2/h7-11,13-17,19H,12,18H2,1-6H3;2-8H,9H2,1H3;1-2H3. The molecule has 0 atom stereocenters. The first-order valence-electron chi connectivity index (χ1n) is 17.0. The van der Waals surface area contributed by atoms with Crippen LogP contribution in [0.2, 0.25) is 0 Å². The molecule has 0 aliphatic heterocycles. The maximum atomic E-state index is 6.36.